The van der Waals surface area contributed by atoms with Crippen molar-refractivity contribution in [1.29, 1.82) is 0 Å². The molecular weight excluding hydrogens is 323 g/mol. The molecule has 2 aromatic carbocycles. The van der Waals surface area contributed by atoms with E-state index in [1.165, 1.54) is 12.1 Å². The lowest BCUT2D eigenvalue weighted by Gasteiger charge is -2.19. The van der Waals surface area contributed by atoms with Crippen LogP contribution >= 0.6 is 0 Å². The number of rotatable bonds is 3. The molecule has 0 radical (unpaired) electrons. The zero-order valence-electron chi connectivity index (χ0n) is 13.5. The van der Waals surface area contributed by atoms with Crippen LogP contribution in [0.2, 0.25) is 0 Å². The number of nitrogens with one attached hydrogen (secondary N) is 1. The summed E-state index contributed by atoms with van der Waals surface area (Å²) in [5.41, 5.74) is 0.0485. The van der Waals surface area contributed by atoms with Gasteiger partial charge in [0.2, 0.25) is 0 Å². The summed E-state index contributed by atoms with van der Waals surface area (Å²) >= 11 is 0. The molecule has 25 heavy (non-hydrogen) atoms. The topological polar surface area (TPSA) is 62.6 Å². The summed E-state index contributed by atoms with van der Waals surface area (Å²) in [6.45, 7) is 1.69. The van der Waals surface area contributed by atoms with E-state index in [0.717, 1.165) is 10.3 Å². The fraction of sp³-hybridized carbons (Fsp3) is 0.158. The summed E-state index contributed by atoms with van der Waals surface area (Å²) < 4.78 is 18.8. The Balaban J connectivity index is 1.66. The molecule has 2 heterocycles. The average molecular weight is 338 g/mol. The first kappa shape index (κ1) is 15.4. The Bertz CT molecular complexity index is 947. The predicted octanol–water partition coefficient (Wildman–Crippen LogP) is 3.54. The van der Waals surface area contributed by atoms with E-state index in [4.69, 9.17) is 4.42 Å². The molecule has 1 saturated heterocycles. The van der Waals surface area contributed by atoms with Crippen LogP contribution in [0.1, 0.15) is 18.2 Å². The van der Waals surface area contributed by atoms with Gasteiger partial charge in [0.1, 0.15) is 17.2 Å². The lowest BCUT2D eigenvalue weighted by atomic mass is 9.98. The van der Waals surface area contributed by atoms with Crippen molar-refractivity contribution in [2.45, 2.75) is 19.0 Å². The van der Waals surface area contributed by atoms with Gasteiger partial charge < -0.3 is 9.73 Å². The number of benzene rings is 2. The van der Waals surface area contributed by atoms with Gasteiger partial charge in [-0.15, -0.1) is 0 Å². The van der Waals surface area contributed by atoms with E-state index < -0.39 is 17.5 Å². The Morgan fingerprint density at radius 3 is 2.56 bits per heavy atom. The molecule has 4 rings (SSSR count). The number of imide groups is 1. The van der Waals surface area contributed by atoms with Crippen LogP contribution in [0, 0.1) is 5.82 Å². The van der Waals surface area contributed by atoms with Crippen molar-refractivity contribution in [2.75, 3.05) is 0 Å². The van der Waals surface area contributed by atoms with E-state index in [1.807, 2.05) is 18.2 Å². The van der Waals surface area contributed by atoms with E-state index >= 15 is 0 Å². The van der Waals surface area contributed by atoms with Crippen LogP contribution in [0.3, 0.4) is 0 Å². The van der Waals surface area contributed by atoms with Crippen molar-refractivity contribution in [3.05, 3.63) is 71.7 Å². The van der Waals surface area contributed by atoms with Crippen LogP contribution in [0.4, 0.5) is 9.18 Å². The minimum absolute atomic E-state index is 0.0702. The second kappa shape index (κ2) is 5.44. The second-order valence-electron chi connectivity index (χ2n) is 6.22. The van der Waals surface area contributed by atoms with E-state index in [2.05, 4.69) is 5.32 Å². The monoisotopic (exact) mass is 338 g/mol. The summed E-state index contributed by atoms with van der Waals surface area (Å²) in [6, 6.07) is 14.3. The first-order chi connectivity index (χ1) is 12.0. The standard InChI is InChI=1S/C19H15FN2O3/c1-19(16-10-13-4-2-3-5-15(13)25-16)17(23)22(18(24)21-19)11-12-6-8-14(20)9-7-12/h2-10H,11H2,1H3,(H,21,24)/t19-/m0/s1. The third kappa shape index (κ3) is 2.46. The number of carbonyl (C=O) groups is 2. The number of halogens is 1. The summed E-state index contributed by atoms with van der Waals surface area (Å²) in [7, 11) is 0. The first-order valence-electron chi connectivity index (χ1n) is 7.85. The quantitative estimate of drug-likeness (QED) is 0.743. The number of amides is 3. The Morgan fingerprint density at radius 1 is 1.12 bits per heavy atom. The van der Waals surface area contributed by atoms with E-state index in [-0.39, 0.29) is 12.4 Å². The maximum Gasteiger partial charge on any atom is 0.325 e. The molecule has 0 unspecified atom stereocenters. The molecule has 1 aliphatic rings. The van der Waals surface area contributed by atoms with Gasteiger partial charge in [0, 0.05) is 5.39 Å². The minimum atomic E-state index is -1.27. The summed E-state index contributed by atoms with van der Waals surface area (Å²) in [5.74, 6) is -0.386. The number of carbonyl (C=O) groups excluding carboxylic acids is 2. The Labute approximate surface area is 143 Å². The van der Waals surface area contributed by atoms with Gasteiger partial charge in [-0.2, -0.15) is 0 Å². The molecule has 1 aromatic heterocycles. The molecule has 0 saturated carbocycles. The number of hydrogen-bond donors (Lipinski definition) is 1. The van der Waals surface area contributed by atoms with Gasteiger partial charge in [-0.1, -0.05) is 30.3 Å². The number of para-hydroxylation sites is 1. The summed E-state index contributed by atoms with van der Waals surface area (Å²) in [6.07, 6.45) is 0. The Kier molecular flexibility index (Phi) is 3.35. The molecule has 0 aliphatic carbocycles. The van der Waals surface area contributed by atoms with Crippen LogP contribution in [-0.4, -0.2) is 16.8 Å². The molecule has 1 fully saturated rings. The van der Waals surface area contributed by atoms with Gasteiger partial charge in [0.25, 0.3) is 5.91 Å². The largest absolute Gasteiger partial charge is 0.458 e. The lowest BCUT2D eigenvalue weighted by Crippen LogP contribution is -2.40. The van der Waals surface area contributed by atoms with Gasteiger partial charge in [0.15, 0.2) is 5.54 Å². The molecule has 3 amide bonds. The zero-order chi connectivity index (χ0) is 17.6. The number of fused-ring (bicyclic) bond motifs is 1. The van der Waals surface area contributed by atoms with Gasteiger partial charge in [-0.25, -0.2) is 9.18 Å². The molecule has 6 heteroatoms. The zero-order valence-corrected chi connectivity index (χ0v) is 13.5. The van der Waals surface area contributed by atoms with Crippen LogP contribution in [0.5, 0.6) is 0 Å². The predicted molar refractivity (Wildman–Crippen MR) is 89.0 cm³/mol. The fourth-order valence-corrected chi connectivity index (χ4v) is 3.01. The Morgan fingerprint density at radius 2 is 1.84 bits per heavy atom. The smallest absolute Gasteiger partial charge is 0.325 e. The third-order valence-corrected chi connectivity index (χ3v) is 4.45. The molecule has 3 aromatic rings. The number of hydrogen-bond acceptors (Lipinski definition) is 3. The van der Waals surface area contributed by atoms with Gasteiger partial charge in [0.05, 0.1) is 6.54 Å². The highest BCUT2D eigenvalue weighted by Crippen LogP contribution is 2.33. The van der Waals surface area contributed by atoms with E-state index in [1.54, 1.807) is 31.2 Å². The maximum atomic E-state index is 13.0. The van der Waals surface area contributed by atoms with E-state index in [9.17, 15) is 14.0 Å². The molecule has 5 nitrogen and oxygen atoms in total. The molecular formula is C19H15FN2O3. The fourth-order valence-electron chi connectivity index (χ4n) is 3.01. The second-order valence-corrected chi connectivity index (χ2v) is 6.22. The number of furan rings is 1. The van der Waals surface area contributed by atoms with Crippen molar-refractivity contribution >= 4 is 22.9 Å². The molecule has 0 spiro atoms. The van der Waals surface area contributed by atoms with Crippen LogP contribution < -0.4 is 5.32 Å². The highest BCUT2D eigenvalue weighted by atomic mass is 19.1. The highest BCUT2D eigenvalue weighted by molar-refractivity contribution is 6.07. The van der Waals surface area contributed by atoms with Crippen molar-refractivity contribution in [2.24, 2.45) is 0 Å². The van der Waals surface area contributed by atoms with Crippen molar-refractivity contribution in [3.8, 4) is 0 Å². The molecule has 1 N–H and O–H groups in total. The molecule has 1 atom stereocenters. The van der Waals surface area contributed by atoms with Gasteiger partial charge in [-0.3, -0.25) is 9.69 Å². The highest BCUT2D eigenvalue weighted by Gasteiger charge is 2.51. The summed E-state index contributed by atoms with van der Waals surface area (Å²) in [4.78, 5) is 26.3. The van der Waals surface area contributed by atoms with E-state index in [0.29, 0.717) is 16.9 Å². The van der Waals surface area contributed by atoms with Gasteiger partial charge in [-0.05, 0) is 36.8 Å². The van der Waals surface area contributed by atoms with Crippen LogP contribution in [0.25, 0.3) is 11.0 Å². The Hall–Kier alpha value is -3.15. The van der Waals surface area contributed by atoms with Crippen LogP contribution in [-0.2, 0) is 16.9 Å². The maximum absolute atomic E-state index is 13.0. The first-order valence-corrected chi connectivity index (χ1v) is 7.85. The minimum Gasteiger partial charge on any atom is -0.458 e. The van der Waals surface area contributed by atoms with Gasteiger partial charge >= 0.3 is 6.03 Å². The normalized spacial score (nSPS) is 20.3. The molecule has 126 valence electrons. The molecule has 0 bridgehead atoms. The molecule has 1 aliphatic heterocycles. The van der Waals surface area contributed by atoms with Crippen molar-refractivity contribution < 1.29 is 18.4 Å². The van der Waals surface area contributed by atoms with Crippen molar-refractivity contribution in [3.63, 3.8) is 0 Å². The third-order valence-electron chi connectivity index (χ3n) is 4.45. The lowest BCUT2D eigenvalue weighted by molar-refractivity contribution is -0.132. The number of nitrogens with zero attached hydrogens (tertiary/aromatic N) is 1. The summed E-state index contributed by atoms with van der Waals surface area (Å²) in [5, 5.41) is 3.57. The number of urea groups is 1. The SMILES string of the molecule is C[C@@]1(c2cc3ccccc3o2)NC(=O)N(Cc2ccc(F)cc2)C1=O. The van der Waals surface area contributed by atoms with Crippen LogP contribution in [0.15, 0.2) is 59.0 Å². The average Bonchev–Trinajstić information content (AvgIpc) is 3.13. The van der Waals surface area contributed by atoms with Crippen molar-refractivity contribution in [1.82, 2.24) is 10.2 Å².